The lowest BCUT2D eigenvalue weighted by Crippen LogP contribution is -2.48. The van der Waals surface area contributed by atoms with E-state index < -0.39 is 10.0 Å². The highest BCUT2D eigenvalue weighted by Gasteiger charge is 2.28. The number of rotatable bonds is 7. The van der Waals surface area contributed by atoms with Crippen molar-refractivity contribution in [3.05, 3.63) is 101 Å². The fourth-order valence-electron chi connectivity index (χ4n) is 3.98. The maximum absolute atomic E-state index is 12.8. The molecule has 3 aromatic carbocycles. The minimum atomic E-state index is -3.44. The van der Waals surface area contributed by atoms with Gasteiger partial charge in [-0.15, -0.1) is 0 Å². The van der Waals surface area contributed by atoms with Crippen LogP contribution in [0.1, 0.15) is 27.0 Å². The highest BCUT2D eigenvalue weighted by molar-refractivity contribution is 7.89. The van der Waals surface area contributed by atoms with E-state index in [0.717, 1.165) is 23.2 Å². The van der Waals surface area contributed by atoms with Gasteiger partial charge in [-0.1, -0.05) is 54.6 Å². The van der Waals surface area contributed by atoms with Gasteiger partial charge in [0, 0.05) is 44.8 Å². The van der Waals surface area contributed by atoms with Gasteiger partial charge in [0.2, 0.25) is 10.0 Å². The van der Waals surface area contributed by atoms with E-state index in [4.69, 9.17) is 0 Å². The molecule has 0 radical (unpaired) electrons. The van der Waals surface area contributed by atoms with Crippen molar-refractivity contribution in [2.24, 2.45) is 0 Å². The molecule has 0 aliphatic carbocycles. The van der Waals surface area contributed by atoms with Crippen LogP contribution in [-0.4, -0.2) is 49.7 Å². The predicted molar refractivity (Wildman–Crippen MR) is 129 cm³/mol. The highest BCUT2D eigenvalue weighted by atomic mass is 32.2. The molecule has 33 heavy (non-hydrogen) atoms. The van der Waals surface area contributed by atoms with Crippen LogP contribution in [0.3, 0.4) is 0 Å². The largest absolute Gasteiger partial charge is 0.348 e. The van der Waals surface area contributed by atoms with E-state index in [0.29, 0.717) is 43.2 Å². The van der Waals surface area contributed by atoms with E-state index in [1.165, 1.54) is 0 Å². The molecule has 6 nitrogen and oxygen atoms in total. The molecule has 0 aromatic heterocycles. The van der Waals surface area contributed by atoms with Crippen molar-refractivity contribution >= 4 is 15.9 Å². The second kappa shape index (κ2) is 10.3. The molecule has 0 unspecified atom stereocenters. The summed E-state index contributed by atoms with van der Waals surface area (Å²) in [6.45, 7) is 5.55. The summed E-state index contributed by atoms with van der Waals surface area (Å²) >= 11 is 0. The quantitative estimate of drug-likeness (QED) is 0.583. The highest BCUT2D eigenvalue weighted by Crippen LogP contribution is 2.18. The monoisotopic (exact) mass is 463 g/mol. The lowest BCUT2D eigenvalue weighted by molar-refractivity contribution is 0.0951. The van der Waals surface area contributed by atoms with E-state index in [1.54, 1.807) is 28.6 Å². The molecule has 7 heteroatoms. The Hall–Kier alpha value is -3.00. The molecule has 0 atom stereocenters. The summed E-state index contributed by atoms with van der Waals surface area (Å²) < 4.78 is 27.1. The number of hydrogen-bond donors (Lipinski definition) is 1. The van der Waals surface area contributed by atoms with Crippen LogP contribution in [0.2, 0.25) is 0 Å². The van der Waals surface area contributed by atoms with E-state index in [1.807, 2.05) is 61.5 Å². The van der Waals surface area contributed by atoms with Crippen molar-refractivity contribution in [2.75, 3.05) is 26.2 Å². The van der Waals surface area contributed by atoms with Crippen molar-refractivity contribution in [3.63, 3.8) is 0 Å². The molecule has 172 valence electrons. The number of aryl methyl sites for hydroxylation is 1. The van der Waals surface area contributed by atoms with E-state index >= 15 is 0 Å². The lowest BCUT2D eigenvalue weighted by Gasteiger charge is -2.34. The standard InChI is InChI=1S/C26H29N3O3S/c1-21-7-5-6-8-24(21)19-27-26(30)23-13-11-22(12-14-23)20-28-15-17-29(18-16-28)33(31,32)25-9-3-2-4-10-25/h2-14H,15-20H2,1H3,(H,27,30). The van der Waals surface area contributed by atoms with Crippen molar-refractivity contribution in [3.8, 4) is 0 Å². The number of piperazine rings is 1. The number of carbonyl (C=O) groups is 1. The first-order valence-electron chi connectivity index (χ1n) is 11.1. The zero-order chi connectivity index (χ0) is 23.3. The number of hydrogen-bond acceptors (Lipinski definition) is 4. The molecule has 0 spiro atoms. The maximum Gasteiger partial charge on any atom is 0.251 e. The molecule has 1 saturated heterocycles. The van der Waals surface area contributed by atoms with Gasteiger partial charge in [0.1, 0.15) is 0 Å². The summed E-state index contributed by atoms with van der Waals surface area (Å²) in [7, 11) is -3.44. The van der Waals surface area contributed by atoms with Crippen molar-refractivity contribution in [1.29, 1.82) is 0 Å². The molecule has 0 saturated carbocycles. The topological polar surface area (TPSA) is 69.7 Å². The summed E-state index contributed by atoms with van der Waals surface area (Å²) in [6, 6.07) is 24.2. The Bertz CT molecular complexity index is 1190. The van der Waals surface area contributed by atoms with Gasteiger partial charge >= 0.3 is 0 Å². The van der Waals surface area contributed by atoms with Gasteiger partial charge in [0.15, 0.2) is 0 Å². The van der Waals surface area contributed by atoms with Crippen LogP contribution in [-0.2, 0) is 23.1 Å². The molecule has 1 amide bonds. The van der Waals surface area contributed by atoms with Crippen LogP contribution in [0.25, 0.3) is 0 Å². The minimum Gasteiger partial charge on any atom is -0.348 e. The van der Waals surface area contributed by atoms with Crippen molar-refractivity contribution in [1.82, 2.24) is 14.5 Å². The summed E-state index contributed by atoms with van der Waals surface area (Å²) in [5.41, 5.74) is 4.00. The molecule has 4 rings (SSSR count). The SMILES string of the molecule is Cc1ccccc1CNC(=O)c1ccc(CN2CCN(S(=O)(=O)c3ccccc3)CC2)cc1. The number of nitrogens with one attached hydrogen (secondary N) is 1. The second-order valence-corrected chi connectivity index (χ2v) is 10.2. The molecule has 1 fully saturated rings. The normalized spacial score (nSPS) is 15.3. The molecular formula is C26H29N3O3S. The van der Waals surface area contributed by atoms with Gasteiger partial charge in [0.25, 0.3) is 5.91 Å². The summed E-state index contributed by atoms with van der Waals surface area (Å²) in [5, 5.41) is 2.98. The zero-order valence-electron chi connectivity index (χ0n) is 18.8. The van der Waals surface area contributed by atoms with Gasteiger partial charge in [0.05, 0.1) is 4.90 Å². The lowest BCUT2D eigenvalue weighted by atomic mass is 10.1. The maximum atomic E-state index is 12.8. The first-order chi connectivity index (χ1) is 15.9. The number of nitrogens with zero attached hydrogens (tertiary/aromatic N) is 2. The van der Waals surface area contributed by atoms with Gasteiger partial charge in [-0.3, -0.25) is 9.69 Å². The fraction of sp³-hybridized carbons (Fsp3) is 0.269. The Morgan fingerprint density at radius 1 is 0.848 bits per heavy atom. The summed E-state index contributed by atoms with van der Waals surface area (Å²) in [5.74, 6) is -0.0930. The zero-order valence-corrected chi connectivity index (χ0v) is 19.6. The molecule has 0 bridgehead atoms. The third kappa shape index (κ3) is 5.68. The Balaban J connectivity index is 1.28. The van der Waals surface area contributed by atoms with Gasteiger partial charge < -0.3 is 5.32 Å². The summed E-state index contributed by atoms with van der Waals surface area (Å²) in [6.07, 6.45) is 0. The second-order valence-electron chi connectivity index (χ2n) is 8.30. The molecule has 1 N–H and O–H groups in total. The van der Waals surface area contributed by atoms with Crippen LogP contribution >= 0.6 is 0 Å². The third-order valence-electron chi connectivity index (χ3n) is 6.04. The van der Waals surface area contributed by atoms with Crippen LogP contribution in [0.5, 0.6) is 0 Å². The molecule has 1 aliphatic heterocycles. The molecule has 3 aromatic rings. The molecule has 1 heterocycles. The first kappa shape index (κ1) is 23.2. The van der Waals surface area contributed by atoms with E-state index in [2.05, 4.69) is 10.2 Å². The average Bonchev–Trinajstić information content (AvgIpc) is 2.85. The fourth-order valence-corrected chi connectivity index (χ4v) is 5.42. The first-order valence-corrected chi connectivity index (χ1v) is 12.6. The van der Waals surface area contributed by atoms with Crippen LogP contribution in [0.15, 0.2) is 83.8 Å². The Kier molecular flexibility index (Phi) is 7.23. The summed E-state index contributed by atoms with van der Waals surface area (Å²) in [4.78, 5) is 15.1. The van der Waals surface area contributed by atoms with E-state index in [-0.39, 0.29) is 5.91 Å². The molecule has 1 aliphatic rings. The Morgan fingerprint density at radius 2 is 1.48 bits per heavy atom. The van der Waals surface area contributed by atoms with Crippen molar-refractivity contribution < 1.29 is 13.2 Å². The number of carbonyl (C=O) groups excluding carboxylic acids is 1. The van der Waals surface area contributed by atoms with Gasteiger partial charge in [-0.05, 0) is 47.9 Å². The molecular weight excluding hydrogens is 434 g/mol. The van der Waals surface area contributed by atoms with Gasteiger partial charge in [-0.25, -0.2) is 8.42 Å². The van der Waals surface area contributed by atoms with Crippen LogP contribution in [0.4, 0.5) is 0 Å². The predicted octanol–water partition coefficient (Wildman–Crippen LogP) is 3.43. The van der Waals surface area contributed by atoms with Crippen LogP contribution < -0.4 is 5.32 Å². The van der Waals surface area contributed by atoms with E-state index in [9.17, 15) is 13.2 Å². The third-order valence-corrected chi connectivity index (χ3v) is 7.95. The Labute approximate surface area is 195 Å². The minimum absolute atomic E-state index is 0.0930. The number of benzene rings is 3. The smallest absolute Gasteiger partial charge is 0.251 e. The van der Waals surface area contributed by atoms with Gasteiger partial charge in [-0.2, -0.15) is 4.31 Å². The average molecular weight is 464 g/mol. The van der Waals surface area contributed by atoms with Crippen molar-refractivity contribution in [2.45, 2.75) is 24.9 Å². The number of amides is 1. The van der Waals surface area contributed by atoms with Crippen LogP contribution in [0, 0.1) is 6.92 Å². The number of sulfonamides is 1. The Morgan fingerprint density at radius 3 is 2.15 bits per heavy atom.